The molecule has 3 fully saturated rings. The van der Waals surface area contributed by atoms with Crippen molar-refractivity contribution in [2.24, 2.45) is 28.7 Å². The molecule has 0 radical (unpaired) electrons. The smallest absolute Gasteiger partial charge is 0.233 e. The number of rotatable bonds is 8. The largest absolute Gasteiger partial charge is 0.378 e. The van der Waals surface area contributed by atoms with Gasteiger partial charge >= 0.3 is 0 Å². The molecule has 4 unspecified atom stereocenters. The molecule has 2 saturated carbocycles. The van der Waals surface area contributed by atoms with Crippen molar-refractivity contribution in [1.82, 2.24) is 15.5 Å². The van der Waals surface area contributed by atoms with Gasteiger partial charge in [-0.05, 0) is 37.5 Å². The van der Waals surface area contributed by atoms with Crippen LogP contribution in [0.1, 0.15) is 44.9 Å². The lowest BCUT2D eigenvalue weighted by Gasteiger charge is -2.22. The van der Waals surface area contributed by atoms with Gasteiger partial charge < -0.3 is 15.4 Å². The number of allylic oxidation sites excluding steroid dienone is 2. The maximum atomic E-state index is 12.7. The normalized spacial score (nSPS) is 30.6. The Morgan fingerprint density at radius 3 is 2.33 bits per heavy atom. The summed E-state index contributed by atoms with van der Waals surface area (Å²) < 4.78 is 5.94. The molecule has 2 bridgehead atoms. The van der Waals surface area contributed by atoms with Crippen LogP contribution in [0.5, 0.6) is 0 Å². The van der Waals surface area contributed by atoms with Gasteiger partial charge in [0.05, 0.1) is 17.9 Å². The van der Waals surface area contributed by atoms with E-state index in [4.69, 9.17) is 4.74 Å². The van der Waals surface area contributed by atoms with Gasteiger partial charge in [-0.3, -0.25) is 19.5 Å². The average molecular weight is 530 g/mol. The van der Waals surface area contributed by atoms with E-state index < -0.39 is 0 Å². The number of hydrogen-bond donors (Lipinski definition) is 2. The standard InChI is InChI=1S/C22H34N4O3.HI/c1-23-22(24-10-5-13-29-17-6-3-2-4-7-17)25-11-12-26-20(27)18-15-8-9-16(14-15)19(18)21(26)28;/h8-9,15-19H,2-7,10-14H2,1H3,(H2,23,24,25);1H. The number of halogens is 1. The van der Waals surface area contributed by atoms with Crippen LogP contribution in [0.3, 0.4) is 0 Å². The number of carbonyl (C=O) groups excluding carboxylic acids is 2. The molecule has 7 nitrogen and oxygen atoms in total. The third-order valence-electron chi connectivity index (χ3n) is 6.93. The van der Waals surface area contributed by atoms with Crippen molar-refractivity contribution >= 4 is 41.8 Å². The van der Waals surface area contributed by atoms with Crippen molar-refractivity contribution in [2.75, 3.05) is 33.3 Å². The highest BCUT2D eigenvalue weighted by atomic mass is 127. The Balaban J connectivity index is 0.00000256. The Kier molecular flexibility index (Phi) is 8.56. The molecule has 1 heterocycles. The first-order valence-electron chi connectivity index (χ1n) is 11.3. The van der Waals surface area contributed by atoms with Crippen molar-refractivity contribution < 1.29 is 14.3 Å². The van der Waals surface area contributed by atoms with Crippen molar-refractivity contribution in [3.8, 4) is 0 Å². The Labute approximate surface area is 196 Å². The first kappa shape index (κ1) is 23.5. The quantitative estimate of drug-likeness (QED) is 0.126. The molecule has 30 heavy (non-hydrogen) atoms. The van der Waals surface area contributed by atoms with Gasteiger partial charge in [0, 0.05) is 33.3 Å². The van der Waals surface area contributed by atoms with Gasteiger partial charge in [-0.15, -0.1) is 24.0 Å². The van der Waals surface area contributed by atoms with E-state index >= 15 is 0 Å². The molecule has 2 amide bonds. The number of aliphatic imine (C=N–C) groups is 1. The highest BCUT2D eigenvalue weighted by molar-refractivity contribution is 14.0. The lowest BCUT2D eigenvalue weighted by molar-refractivity contribution is -0.140. The van der Waals surface area contributed by atoms with Crippen LogP contribution >= 0.6 is 24.0 Å². The summed E-state index contributed by atoms with van der Waals surface area (Å²) in [6, 6.07) is 0. The maximum absolute atomic E-state index is 12.7. The number of likely N-dealkylation sites (tertiary alicyclic amines) is 1. The van der Waals surface area contributed by atoms with Gasteiger partial charge in [0.25, 0.3) is 0 Å². The lowest BCUT2D eigenvalue weighted by Crippen LogP contribution is -2.44. The van der Waals surface area contributed by atoms with E-state index in [0.29, 0.717) is 25.2 Å². The molecule has 2 N–H and O–H groups in total. The number of fused-ring (bicyclic) bond motifs is 5. The molecular formula is C22H35IN4O3. The third-order valence-corrected chi connectivity index (χ3v) is 6.93. The van der Waals surface area contributed by atoms with Gasteiger partial charge in [-0.1, -0.05) is 31.4 Å². The number of amides is 2. The van der Waals surface area contributed by atoms with Crippen LogP contribution in [0.25, 0.3) is 0 Å². The van der Waals surface area contributed by atoms with Crippen LogP contribution in [0.15, 0.2) is 17.1 Å². The summed E-state index contributed by atoms with van der Waals surface area (Å²) in [5.41, 5.74) is 0. The van der Waals surface area contributed by atoms with Gasteiger partial charge in [0.15, 0.2) is 5.96 Å². The Morgan fingerprint density at radius 1 is 1.07 bits per heavy atom. The minimum Gasteiger partial charge on any atom is -0.378 e. The van der Waals surface area contributed by atoms with E-state index in [0.717, 1.165) is 26.0 Å². The van der Waals surface area contributed by atoms with E-state index in [2.05, 4.69) is 27.8 Å². The molecule has 0 aromatic carbocycles. The number of nitrogens with zero attached hydrogens (tertiary/aromatic N) is 2. The zero-order valence-corrected chi connectivity index (χ0v) is 20.2. The SMILES string of the molecule is CN=C(NCCCOC1CCCCC1)NCCN1C(=O)C2C3C=CC(C3)C2C1=O.I. The predicted octanol–water partition coefficient (Wildman–Crippen LogP) is 2.32. The van der Waals surface area contributed by atoms with Crippen LogP contribution < -0.4 is 10.6 Å². The summed E-state index contributed by atoms with van der Waals surface area (Å²) in [7, 11) is 1.73. The maximum Gasteiger partial charge on any atom is 0.233 e. The van der Waals surface area contributed by atoms with Crippen LogP contribution in [0.4, 0.5) is 0 Å². The number of guanidine groups is 1. The summed E-state index contributed by atoms with van der Waals surface area (Å²) in [4.78, 5) is 31.1. The van der Waals surface area contributed by atoms with Gasteiger partial charge in [0.1, 0.15) is 0 Å². The molecule has 1 saturated heterocycles. The zero-order valence-electron chi connectivity index (χ0n) is 17.8. The van der Waals surface area contributed by atoms with Crippen molar-refractivity contribution in [3.05, 3.63) is 12.2 Å². The fourth-order valence-corrected chi connectivity index (χ4v) is 5.45. The fraction of sp³-hybridized carbons (Fsp3) is 0.773. The topological polar surface area (TPSA) is 83.0 Å². The Hall–Kier alpha value is -1.16. The number of imide groups is 1. The van der Waals surface area contributed by atoms with Crippen LogP contribution in [-0.2, 0) is 14.3 Å². The van der Waals surface area contributed by atoms with Crippen LogP contribution in [0, 0.1) is 23.7 Å². The van der Waals surface area contributed by atoms with Crippen LogP contribution in [0.2, 0.25) is 0 Å². The highest BCUT2D eigenvalue weighted by Crippen LogP contribution is 2.52. The molecule has 4 rings (SSSR count). The Morgan fingerprint density at radius 2 is 1.70 bits per heavy atom. The van der Waals surface area contributed by atoms with E-state index in [1.807, 2.05) is 0 Å². The molecule has 0 spiro atoms. The first-order chi connectivity index (χ1) is 14.2. The second kappa shape index (κ2) is 10.9. The monoisotopic (exact) mass is 530 g/mol. The van der Waals surface area contributed by atoms with E-state index in [9.17, 15) is 9.59 Å². The summed E-state index contributed by atoms with van der Waals surface area (Å²) in [6.45, 7) is 2.46. The van der Waals surface area contributed by atoms with E-state index in [1.54, 1.807) is 7.05 Å². The molecule has 0 aromatic heterocycles. The second-order valence-electron chi connectivity index (χ2n) is 8.74. The second-order valence-corrected chi connectivity index (χ2v) is 8.74. The molecule has 168 valence electrons. The minimum atomic E-state index is -0.112. The summed E-state index contributed by atoms with van der Waals surface area (Å²) in [6.07, 6.45) is 12.9. The van der Waals surface area contributed by atoms with Crippen LogP contribution in [-0.4, -0.2) is 62.1 Å². The zero-order chi connectivity index (χ0) is 20.2. The number of ether oxygens (including phenoxy) is 1. The summed E-state index contributed by atoms with van der Waals surface area (Å²) in [5.74, 6) is 1.04. The van der Waals surface area contributed by atoms with Crippen molar-refractivity contribution in [2.45, 2.75) is 51.0 Å². The molecule has 4 atom stereocenters. The number of nitrogens with one attached hydrogen (secondary N) is 2. The third kappa shape index (κ3) is 5.00. The molecule has 1 aliphatic heterocycles. The molecule has 0 aromatic rings. The number of hydrogen-bond acceptors (Lipinski definition) is 4. The van der Waals surface area contributed by atoms with Gasteiger partial charge in [-0.25, -0.2) is 0 Å². The highest BCUT2D eigenvalue weighted by Gasteiger charge is 2.58. The van der Waals surface area contributed by atoms with Crippen molar-refractivity contribution in [3.63, 3.8) is 0 Å². The average Bonchev–Trinajstić information content (AvgIpc) is 3.42. The lowest BCUT2D eigenvalue weighted by atomic mass is 9.85. The summed E-state index contributed by atoms with van der Waals surface area (Å²) in [5, 5.41) is 6.50. The predicted molar refractivity (Wildman–Crippen MR) is 127 cm³/mol. The van der Waals surface area contributed by atoms with Crippen molar-refractivity contribution in [1.29, 1.82) is 0 Å². The Bertz CT molecular complexity index is 647. The first-order valence-corrected chi connectivity index (χ1v) is 11.3. The minimum absolute atomic E-state index is 0. The van der Waals surface area contributed by atoms with Gasteiger partial charge in [0.2, 0.25) is 11.8 Å². The fourth-order valence-electron chi connectivity index (χ4n) is 5.45. The number of carbonyl (C=O) groups is 2. The molecule has 8 heteroatoms. The molecular weight excluding hydrogens is 495 g/mol. The molecule has 4 aliphatic rings. The van der Waals surface area contributed by atoms with E-state index in [1.165, 1.54) is 37.0 Å². The van der Waals surface area contributed by atoms with Gasteiger partial charge in [-0.2, -0.15) is 0 Å². The van der Waals surface area contributed by atoms with E-state index in [-0.39, 0.29) is 59.5 Å². The summed E-state index contributed by atoms with van der Waals surface area (Å²) >= 11 is 0. The molecule has 3 aliphatic carbocycles.